The number of aryl methyl sites for hydroxylation is 1. The standard InChI is InChI=1S/C24H24ClN3O2/c1-24(2,15-17-7-8-20-21(12-17)28(3)23(29)27-20)14-16-5-4-6-18(11-16)30-19-9-10-26-22(25)13-19/h4-13H,14-15H2,1-3H3,(H,27,29). The van der Waals surface area contributed by atoms with Crippen LogP contribution in [-0.4, -0.2) is 14.5 Å². The minimum absolute atomic E-state index is 0.0292. The van der Waals surface area contributed by atoms with Gasteiger partial charge in [-0.1, -0.05) is 43.6 Å². The number of ether oxygens (including phenoxy) is 1. The first-order valence-corrected chi connectivity index (χ1v) is 10.2. The highest BCUT2D eigenvalue weighted by Crippen LogP contribution is 2.30. The monoisotopic (exact) mass is 421 g/mol. The van der Waals surface area contributed by atoms with Crippen LogP contribution in [0.25, 0.3) is 11.0 Å². The lowest BCUT2D eigenvalue weighted by molar-refractivity contribution is 0.360. The number of nitrogens with one attached hydrogen (secondary N) is 1. The van der Waals surface area contributed by atoms with E-state index in [1.165, 1.54) is 11.1 Å². The van der Waals surface area contributed by atoms with E-state index in [4.69, 9.17) is 16.3 Å². The highest BCUT2D eigenvalue weighted by atomic mass is 35.5. The Morgan fingerprint density at radius 3 is 2.53 bits per heavy atom. The van der Waals surface area contributed by atoms with Crippen molar-refractivity contribution >= 4 is 22.6 Å². The van der Waals surface area contributed by atoms with E-state index in [0.717, 1.165) is 29.6 Å². The molecule has 6 heteroatoms. The van der Waals surface area contributed by atoms with Crippen molar-refractivity contribution in [3.63, 3.8) is 0 Å². The van der Waals surface area contributed by atoms with E-state index in [1.54, 1.807) is 29.9 Å². The van der Waals surface area contributed by atoms with Crippen molar-refractivity contribution in [1.82, 2.24) is 14.5 Å². The molecule has 0 fully saturated rings. The number of hydrogen-bond acceptors (Lipinski definition) is 3. The molecule has 2 heterocycles. The summed E-state index contributed by atoms with van der Waals surface area (Å²) >= 11 is 5.94. The fourth-order valence-corrected chi connectivity index (χ4v) is 4.01. The minimum atomic E-state index is -0.0892. The summed E-state index contributed by atoms with van der Waals surface area (Å²) < 4.78 is 7.59. The molecule has 30 heavy (non-hydrogen) atoms. The number of imidazole rings is 1. The van der Waals surface area contributed by atoms with E-state index >= 15 is 0 Å². The molecular formula is C24H24ClN3O2. The lowest BCUT2D eigenvalue weighted by Crippen LogP contribution is -2.18. The number of rotatable bonds is 6. The van der Waals surface area contributed by atoms with Gasteiger partial charge in [0.2, 0.25) is 0 Å². The average molecular weight is 422 g/mol. The van der Waals surface area contributed by atoms with Gasteiger partial charge >= 0.3 is 5.69 Å². The van der Waals surface area contributed by atoms with E-state index in [2.05, 4.69) is 48.1 Å². The van der Waals surface area contributed by atoms with Crippen molar-refractivity contribution < 1.29 is 4.74 Å². The molecule has 0 aliphatic carbocycles. The van der Waals surface area contributed by atoms with Crippen LogP contribution in [0, 0.1) is 5.41 Å². The SMILES string of the molecule is Cn1c(=O)[nH]c2ccc(CC(C)(C)Cc3cccc(Oc4ccnc(Cl)c4)c3)cc21. The lowest BCUT2D eigenvalue weighted by Gasteiger charge is -2.25. The first-order chi connectivity index (χ1) is 14.3. The third-order valence-electron chi connectivity index (χ3n) is 5.17. The van der Waals surface area contributed by atoms with Crippen LogP contribution in [0.1, 0.15) is 25.0 Å². The van der Waals surface area contributed by atoms with Crippen molar-refractivity contribution in [2.75, 3.05) is 0 Å². The van der Waals surface area contributed by atoms with E-state index in [-0.39, 0.29) is 11.1 Å². The average Bonchev–Trinajstić information content (AvgIpc) is 2.95. The number of H-pyrrole nitrogens is 1. The topological polar surface area (TPSA) is 59.9 Å². The smallest absolute Gasteiger partial charge is 0.326 e. The Hall–Kier alpha value is -3.05. The quantitative estimate of drug-likeness (QED) is 0.417. The molecule has 1 N–H and O–H groups in total. The largest absolute Gasteiger partial charge is 0.457 e. The van der Waals surface area contributed by atoms with Crippen LogP contribution in [0.5, 0.6) is 11.5 Å². The summed E-state index contributed by atoms with van der Waals surface area (Å²) in [6, 6.07) is 17.8. The summed E-state index contributed by atoms with van der Waals surface area (Å²) in [7, 11) is 1.79. The molecule has 5 nitrogen and oxygen atoms in total. The number of halogens is 1. The molecule has 0 saturated carbocycles. The molecule has 4 rings (SSSR count). The first kappa shape index (κ1) is 20.2. The second kappa shape index (κ2) is 8.00. The highest BCUT2D eigenvalue weighted by Gasteiger charge is 2.20. The molecule has 2 aromatic carbocycles. The van der Waals surface area contributed by atoms with Gasteiger partial charge < -0.3 is 9.72 Å². The summed E-state index contributed by atoms with van der Waals surface area (Å²) in [4.78, 5) is 18.7. The van der Waals surface area contributed by atoms with Crippen LogP contribution in [0.4, 0.5) is 0 Å². The van der Waals surface area contributed by atoms with E-state index in [0.29, 0.717) is 10.9 Å². The Balaban J connectivity index is 1.50. The molecule has 4 aromatic rings. The zero-order valence-corrected chi connectivity index (χ0v) is 18.0. The maximum atomic E-state index is 11.8. The molecule has 0 saturated heterocycles. The number of pyridine rings is 1. The second-order valence-electron chi connectivity index (χ2n) is 8.42. The summed E-state index contributed by atoms with van der Waals surface area (Å²) in [5.41, 5.74) is 4.15. The van der Waals surface area contributed by atoms with Gasteiger partial charge in [0.1, 0.15) is 16.7 Å². The number of benzene rings is 2. The fourth-order valence-electron chi connectivity index (χ4n) is 3.85. The Bertz CT molecular complexity index is 1260. The molecule has 0 bridgehead atoms. The van der Waals surface area contributed by atoms with E-state index < -0.39 is 0 Å². The number of nitrogens with zero attached hydrogens (tertiary/aromatic N) is 2. The number of hydrogen-bond donors (Lipinski definition) is 1. The van der Waals surface area contributed by atoms with Gasteiger partial charge in [-0.15, -0.1) is 0 Å². The van der Waals surface area contributed by atoms with Crippen molar-refractivity contribution in [2.24, 2.45) is 12.5 Å². The Kier molecular flexibility index (Phi) is 5.39. The predicted molar refractivity (Wildman–Crippen MR) is 120 cm³/mol. The van der Waals surface area contributed by atoms with Crippen LogP contribution in [0.2, 0.25) is 5.15 Å². The van der Waals surface area contributed by atoms with Gasteiger partial charge in [0.05, 0.1) is 11.0 Å². The second-order valence-corrected chi connectivity index (χ2v) is 8.81. The van der Waals surface area contributed by atoms with E-state index in [1.807, 2.05) is 18.2 Å². The van der Waals surface area contributed by atoms with Gasteiger partial charge in [0, 0.05) is 19.3 Å². The van der Waals surface area contributed by atoms with Crippen LogP contribution >= 0.6 is 11.6 Å². The number of fused-ring (bicyclic) bond motifs is 1. The third-order valence-corrected chi connectivity index (χ3v) is 5.37. The van der Waals surface area contributed by atoms with Gasteiger partial charge in [-0.2, -0.15) is 0 Å². The van der Waals surface area contributed by atoms with Gasteiger partial charge in [-0.05, 0) is 59.7 Å². The molecule has 0 aliphatic heterocycles. The molecule has 2 aromatic heterocycles. The minimum Gasteiger partial charge on any atom is -0.457 e. The summed E-state index contributed by atoms with van der Waals surface area (Å²) in [5, 5.41) is 0.404. The van der Waals surface area contributed by atoms with Crippen LogP contribution in [0.3, 0.4) is 0 Å². The van der Waals surface area contributed by atoms with Crippen molar-refractivity contribution in [1.29, 1.82) is 0 Å². The highest BCUT2D eigenvalue weighted by molar-refractivity contribution is 6.29. The summed E-state index contributed by atoms with van der Waals surface area (Å²) in [6.07, 6.45) is 3.42. The number of aromatic nitrogens is 3. The maximum absolute atomic E-state index is 11.8. The summed E-state index contributed by atoms with van der Waals surface area (Å²) in [5.74, 6) is 1.44. The van der Waals surface area contributed by atoms with Crippen molar-refractivity contribution in [3.05, 3.63) is 87.6 Å². The zero-order chi connectivity index (χ0) is 21.3. The molecule has 0 radical (unpaired) electrons. The Labute approximate surface area is 180 Å². The third kappa shape index (κ3) is 4.57. The van der Waals surface area contributed by atoms with Crippen LogP contribution < -0.4 is 10.4 Å². The molecule has 154 valence electrons. The maximum Gasteiger partial charge on any atom is 0.326 e. The van der Waals surface area contributed by atoms with Crippen molar-refractivity contribution in [3.8, 4) is 11.5 Å². The predicted octanol–water partition coefficient (Wildman–Crippen LogP) is 5.52. The molecule has 0 atom stereocenters. The Morgan fingerprint density at radius 2 is 1.77 bits per heavy atom. The van der Waals surface area contributed by atoms with Gasteiger partial charge in [-0.25, -0.2) is 9.78 Å². The normalized spacial score (nSPS) is 11.7. The van der Waals surface area contributed by atoms with Crippen LogP contribution in [-0.2, 0) is 19.9 Å². The zero-order valence-electron chi connectivity index (χ0n) is 17.3. The molecule has 0 amide bonds. The summed E-state index contributed by atoms with van der Waals surface area (Å²) in [6.45, 7) is 4.51. The van der Waals surface area contributed by atoms with E-state index in [9.17, 15) is 4.79 Å². The molecule has 0 spiro atoms. The van der Waals surface area contributed by atoms with Gasteiger partial charge in [0.15, 0.2) is 0 Å². The fraction of sp³-hybridized carbons (Fsp3) is 0.250. The van der Waals surface area contributed by atoms with Crippen LogP contribution in [0.15, 0.2) is 65.6 Å². The molecule has 0 unspecified atom stereocenters. The lowest BCUT2D eigenvalue weighted by atomic mass is 9.80. The molecular weight excluding hydrogens is 398 g/mol. The number of aromatic amines is 1. The van der Waals surface area contributed by atoms with Crippen molar-refractivity contribution in [2.45, 2.75) is 26.7 Å². The first-order valence-electron chi connectivity index (χ1n) is 9.85. The Morgan fingerprint density at radius 1 is 1.03 bits per heavy atom. The van der Waals surface area contributed by atoms with Gasteiger partial charge in [0.25, 0.3) is 0 Å². The van der Waals surface area contributed by atoms with Gasteiger partial charge in [-0.3, -0.25) is 4.57 Å². The molecule has 0 aliphatic rings.